The van der Waals surface area contributed by atoms with E-state index in [1.807, 2.05) is 0 Å². The summed E-state index contributed by atoms with van der Waals surface area (Å²) >= 11 is 1.54. The number of ether oxygens (including phenoxy) is 1. The number of aryl methyl sites for hydroxylation is 2. The number of aromatic amines is 1. The number of hydrogen-bond donors (Lipinski definition) is 1. The number of fused-ring (bicyclic) bond motifs is 3. The third kappa shape index (κ3) is 2.24. The molecule has 0 amide bonds. The van der Waals surface area contributed by atoms with Gasteiger partial charge in [-0.15, -0.1) is 11.3 Å². The van der Waals surface area contributed by atoms with Gasteiger partial charge >= 0.3 is 5.97 Å². The van der Waals surface area contributed by atoms with Crippen LogP contribution in [0.15, 0.2) is 4.79 Å². The molecule has 0 aliphatic heterocycles. The molecule has 3 rings (SSSR count). The lowest BCUT2D eigenvalue weighted by molar-refractivity contribution is 0.0512. The van der Waals surface area contributed by atoms with Crippen molar-refractivity contribution in [1.82, 2.24) is 9.97 Å². The topological polar surface area (TPSA) is 72.0 Å². The first-order chi connectivity index (χ1) is 9.70. The van der Waals surface area contributed by atoms with E-state index in [2.05, 4.69) is 9.97 Å². The summed E-state index contributed by atoms with van der Waals surface area (Å²) in [6, 6.07) is 0. The quantitative estimate of drug-likeness (QED) is 0.681. The van der Waals surface area contributed by atoms with Gasteiger partial charge in [-0.2, -0.15) is 0 Å². The van der Waals surface area contributed by atoms with E-state index < -0.39 is 5.97 Å². The molecule has 2 aromatic heterocycles. The van der Waals surface area contributed by atoms with Crippen molar-refractivity contribution in [2.24, 2.45) is 0 Å². The molecule has 0 saturated heterocycles. The van der Waals surface area contributed by atoms with Crippen LogP contribution in [-0.4, -0.2) is 22.5 Å². The third-order valence-electron chi connectivity index (χ3n) is 3.54. The zero-order valence-electron chi connectivity index (χ0n) is 11.3. The lowest BCUT2D eigenvalue weighted by atomic mass is 10.1. The molecule has 20 heavy (non-hydrogen) atoms. The van der Waals surface area contributed by atoms with Crippen LogP contribution in [-0.2, 0) is 17.6 Å². The van der Waals surface area contributed by atoms with Crippen LogP contribution >= 0.6 is 11.3 Å². The minimum absolute atomic E-state index is 0.000703. The van der Waals surface area contributed by atoms with Crippen LogP contribution in [0.1, 0.15) is 47.2 Å². The highest BCUT2D eigenvalue weighted by molar-refractivity contribution is 7.18. The highest BCUT2D eigenvalue weighted by Gasteiger charge is 2.20. The van der Waals surface area contributed by atoms with Gasteiger partial charge in [0.15, 0.2) is 0 Å². The van der Waals surface area contributed by atoms with Crippen molar-refractivity contribution in [2.75, 3.05) is 6.61 Å². The Morgan fingerprint density at radius 3 is 2.95 bits per heavy atom. The monoisotopic (exact) mass is 292 g/mol. The number of esters is 1. The number of thiophene rings is 1. The van der Waals surface area contributed by atoms with E-state index in [0.717, 1.165) is 31.2 Å². The van der Waals surface area contributed by atoms with E-state index in [0.29, 0.717) is 10.2 Å². The molecule has 0 spiro atoms. The maximum Gasteiger partial charge on any atom is 0.374 e. The van der Waals surface area contributed by atoms with Crippen LogP contribution in [0.4, 0.5) is 0 Å². The van der Waals surface area contributed by atoms with Gasteiger partial charge in [-0.3, -0.25) is 4.79 Å². The van der Waals surface area contributed by atoms with Crippen molar-refractivity contribution in [3.8, 4) is 0 Å². The number of rotatable bonds is 2. The highest BCUT2D eigenvalue weighted by Crippen LogP contribution is 2.32. The largest absolute Gasteiger partial charge is 0.460 e. The van der Waals surface area contributed by atoms with Crippen LogP contribution in [0.25, 0.3) is 10.2 Å². The predicted molar refractivity (Wildman–Crippen MR) is 77.5 cm³/mol. The molecule has 2 aromatic rings. The molecule has 0 atom stereocenters. The molecule has 0 radical (unpaired) electrons. The number of hydrogen-bond acceptors (Lipinski definition) is 5. The lowest BCUT2D eigenvalue weighted by Gasteiger charge is -2.01. The predicted octanol–water partition coefficient (Wildman–Crippen LogP) is 2.43. The zero-order chi connectivity index (χ0) is 14.1. The molecule has 2 heterocycles. The minimum Gasteiger partial charge on any atom is -0.460 e. The Balaban J connectivity index is 2.14. The summed E-state index contributed by atoms with van der Waals surface area (Å²) in [5.41, 5.74) is 0.907. The maximum atomic E-state index is 12.3. The molecule has 1 aliphatic rings. The Morgan fingerprint density at radius 1 is 1.35 bits per heavy atom. The summed E-state index contributed by atoms with van der Waals surface area (Å²) in [5, 5.41) is 0.667. The third-order valence-corrected chi connectivity index (χ3v) is 4.73. The van der Waals surface area contributed by atoms with E-state index in [1.165, 1.54) is 22.6 Å². The van der Waals surface area contributed by atoms with E-state index in [1.54, 1.807) is 6.92 Å². The number of aromatic nitrogens is 2. The molecule has 106 valence electrons. The first-order valence-electron chi connectivity index (χ1n) is 6.92. The summed E-state index contributed by atoms with van der Waals surface area (Å²) in [7, 11) is 0. The molecule has 1 N–H and O–H groups in total. The fourth-order valence-electron chi connectivity index (χ4n) is 2.64. The standard InChI is InChI=1S/C14H16N2O3S/c1-2-19-14(18)11-15-12(17)10-8-6-4-3-5-7-9(8)20-13(10)16-11/h2-7H2,1H3,(H,15,16,17). The fraction of sp³-hybridized carbons (Fsp3) is 0.500. The Morgan fingerprint density at radius 2 is 2.15 bits per heavy atom. The van der Waals surface area contributed by atoms with Gasteiger partial charge in [0.2, 0.25) is 5.82 Å². The van der Waals surface area contributed by atoms with Gasteiger partial charge in [-0.25, -0.2) is 9.78 Å². The fourth-order valence-corrected chi connectivity index (χ4v) is 3.90. The van der Waals surface area contributed by atoms with Gasteiger partial charge < -0.3 is 9.72 Å². The first-order valence-corrected chi connectivity index (χ1v) is 7.74. The summed E-state index contributed by atoms with van der Waals surface area (Å²) in [4.78, 5) is 32.7. The van der Waals surface area contributed by atoms with Crippen molar-refractivity contribution in [1.29, 1.82) is 0 Å². The Hall–Kier alpha value is -1.69. The Kier molecular flexibility index (Phi) is 3.56. The second-order valence-electron chi connectivity index (χ2n) is 4.88. The molecule has 5 nitrogen and oxygen atoms in total. The summed E-state index contributed by atoms with van der Waals surface area (Å²) in [5.74, 6) is -0.573. The van der Waals surface area contributed by atoms with Gasteiger partial charge in [0, 0.05) is 4.88 Å². The molecule has 0 bridgehead atoms. The van der Waals surface area contributed by atoms with Crippen LogP contribution < -0.4 is 5.56 Å². The number of H-pyrrole nitrogens is 1. The van der Waals surface area contributed by atoms with E-state index in [-0.39, 0.29) is 18.0 Å². The van der Waals surface area contributed by atoms with Crippen molar-refractivity contribution >= 4 is 27.5 Å². The van der Waals surface area contributed by atoms with Crippen molar-refractivity contribution in [3.63, 3.8) is 0 Å². The molecule has 0 fully saturated rings. The lowest BCUT2D eigenvalue weighted by Crippen LogP contribution is -2.17. The zero-order valence-corrected chi connectivity index (χ0v) is 12.1. The number of nitrogens with one attached hydrogen (secondary N) is 1. The van der Waals surface area contributed by atoms with Crippen LogP contribution in [0, 0.1) is 0 Å². The molecular formula is C14H16N2O3S. The SMILES string of the molecule is CCOC(=O)c1nc2sc3c(c2c(=O)[nH]1)CCCCC3. The number of carbonyl (C=O) groups is 1. The maximum absolute atomic E-state index is 12.3. The average molecular weight is 292 g/mol. The second-order valence-corrected chi connectivity index (χ2v) is 5.96. The molecule has 6 heteroatoms. The molecule has 0 unspecified atom stereocenters. The van der Waals surface area contributed by atoms with Crippen LogP contribution in [0.5, 0.6) is 0 Å². The van der Waals surface area contributed by atoms with Crippen molar-refractivity contribution in [3.05, 3.63) is 26.6 Å². The number of nitrogens with zero attached hydrogens (tertiary/aromatic N) is 1. The second kappa shape index (κ2) is 5.36. The van der Waals surface area contributed by atoms with Gasteiger partial charge in [0.05, 0.1) is 12.0 Å². The van der Waals surface area contributed by atoms with Gasteiger partial charge in [0.25, 0.3) is 5.56 Å². The first kappa shape index (κ1) is 13.3. The van der Waals surface area contributed by atoms with E-state index >= 15 is 0 Å². The molecule has 0 saturated carbocycles. The Bertz CT molecular complexity index is 717. The van der Waals surface area contributed by atoms with Gasteiger partial charge in [0.1, 0.15) is 4.83 Å². The minimum atomic E-state index is -0.574. The average Bonchev–Trinajstić information content (AvgIpc) is 2.62. The number of carbonyl (C=O) groups excluding carboxylic acids is 1. The normalized spacial score (nSPS) is 14.8. The Labute approximate surface area is 120 Å². The van der Waals surface area contributed by atoms with Crippen molar-refractivity contribution < 1.29 is 9.53 Å². The van der Waals surface area contributed by atoms with Gasteiger partial charge in [-0.1, -0.05) is 6.42 Å². The molecular weight excluding hydrogens is 276 g/mol. The van der Waals surface area contributed by atoms with Gasteiger partial charge in [-0.05, 0) is 38.2 Å². The van der Waals surface area contributed by atoms with E-state index in [4.69, 9.17) is 4.74 Å². The van der Waals surface area contributed by atoms with Crippen LogP contribution in [0.2, 0.25) is 0 Å². The van der Waals surface area contributed by atoms with E-state index in [9.17, 15) is 9.59 Å². The molecule has 1 aliphatic carbocycles. The summed E-state index contributed by atoms with van der Waals surface area (Å²) in [6.07, 6.45) is 5.40. The molecule has 0 aromatic carbocycles. The summed E-state index contributed by atoms with van der Waals surface area (Å²) < 4.78 is 4.89. The smallest absolute Gasteiger partial charge is 0.374 e. The van der Waals surface area contributed by atoms with Crippen molar-refractivity contribution in [2.45, 2.75) is 39.0 Å². The van der Waals surface area contributed by atoms with Crippen LogP contribution in [0.3, 0.4) is 0 Å². The summed E-state index contributed by atoms with van der Waals surface area (Å²) in [6.45, 7) is 1.99. The highest BCUT2D eigenvalue weighted by atomic mass is 32.1.